The zero-order valence-electron chi connectivity index (χ0n) is 14.5. The fraction of sp³-hybridized carbons (Fsp3) is 0.333. The Hall–Kier alpha value is -2.38. The van der Waals surface area contributed by atoms with Crippen LogP contribution >= 0.6 is 11.3 Å². The molecule has 0 radical (unpaired) electrons. The van der Waals surface area contributed by atoms with Crippen molar-refractivity contribution in [2.45, 2.75) is 13.0 Å². The van der Waals surface area contributed by atoms with Crippen molar-refractivity contribution in [1.82, 2.24) is 4.90 Å². The number of hydrogen-bond donors (Lipinski definition) is 1. The Balaban J connectivity index is 1.82. The zero-order chi connectivity index (χ0) is 18.0. The molecule has 1 aromatic heterocycles. The van der Waals surface area contributed by atoms with Crippen molar-refractivity contribution in [3.8, 4) is 5.75 Å². The van der Waals surface area contributed by atoms with E-state index in [0.717, 1.165) is 12.2 Å². The Morgan fingerprint density at radius 2 is 2.16 bits per heavy atom. The summed E-state index contributed by atoms with van der Waals surface area (Å²) in [6, 6.07) is 9.00. The van der Waals surface area contributed by atoms with Crippen LogP contribution in [0.5, 0.6) is 5.75 Å². The van der Waals surface area contributed by atoms with Gasteiger partial charge in [-0.2, -0.15) is 0 Å². The van der Waals surface area contributed by atoms with Gasteiger partial charge in [-0.25, -0.2) is 0 Å². The molecule has 25 heavy (non-hydrogen) atoms. The second-order valence-corrected chi connectivity index (χ2v) is 7.11. The summed E-state index contributed by atoms with van der Waals surface area (Å²) < 4.78 is 5.74. The monoisotopic (exact) mass is 359 g/mol. The Kier molecular flexibility index (Phi) is 5.06. The minimum absolute atomic E-state index is 0.0512. The van der Waals surface area contributed by atoms with Crippen molar-refractivity contribution in [2.75, 3.05) is 37.4 Å². The summed E-state index contributed by atoms with van der Waals surface area (Å²) in [6.07, 6.45) is -0.544. The topological polar surface area (TPSA) is 61.9 Å². The van der Waals surface area contributed by atoms with Gasteiger partial charge in [-0.1, -0.05) is 6.07 Å². The maximum atomic E-state index is 12.4. The van der Waals surface area contributed by atoms with Gasteiger partial charge in [-0.15, -0.1) is 11.3 Å². The van der Waals surface area contributed by atoms with Crippen LogP contribution in [0.1, 0.15) is 16.6 Å². The molecule has 6 nitrogen and oxygen atoms in total. The molecule has 1 aliphatic rings. The van der Waals surface area contributed by atoms with E-state index < -0.39 is 6.10 Å². The highest BCUT2D eigenvalue weighted by atomic mass is 32.1. The number of carbonyl (C=O) groups is 2. The van der Waals surface area contributed by atoms with E-state index in [9.17, 15) is 9.59 Å². The summed E-state index contributed by atoms with van der Waals surface area (Å²) in [6.45, 7) is 3.09. The normalized spacial score (nSPS) is 16.6. The highest BCUT2D eigenvalue weighted by molar-refractivity contribution is 7.12. The van der Waals surface area contributed by atoms with E-state index in [2.05, 4.69) is 5.32 Å². The Morgan fingerprint density at radius 1 is 1.36 bits per heavy atom. The minimum Gasteiger partial charge on any atom is -0.479 e. The average molecular weight is 359 g/mol. The fourth-order valence-electron chi connectivity index (χ4n) is 2.62. The summed E-state index contributed by atoms with van der Waals surface area (Å²) in [5.74, 6) is 0.402. The molecule has 1 N–H and O–H groups in total. The van der Waals surface area contributed by atoms with Gasteiger partial charge in [0, 0.05) is 24.8 Å². The third-order valence-electron chi connectivity index (χ3n) is 3.94. The number of carbonyl (C=O) groups excluding carboxylic acids is 2. The maximum Gasteiger partial charge on any atom is 0.267 e. The zero-order valence-corrected chi connectivity index (χ0v) is 15.3. The smallest absolute Gasteiger partial charge is 0.267 e. The minimum atomic E-state index is -0.544. The molecule has 1 aliphatic heterocycles. The number of hydrogen-bond acceptors (Lipinski definition) is 5. The molecule has 0 fully saturated rings. The first-order valence-corrected chi connectivity index (χ1v) is 8.95. The van der Waals surface area contributed by atoms with Gasteiger partial charge in [0.1, 0.15) is 5.75 Å². The van der Waals surface area contributed by atoms with Gasteiger partial charge in [0.25, 0.3) is 11.8 Å². The number of nitrogens with zero attached hydrogens (tertiary/aromatic N) is 2. The van der Waals surface area contributed by atoms with Gasteiger partial charge in [0.15, 0.2) is 6.10 Å². The maximum absolute atomic E-state index is 12.4. The van der Waals surface area contributed by atoms with Crippen LogP contribution in [0.4, 0.5) is 11.4 Å². The van der Waals surface area contributed by atoms with Crippen molar-refractivity contribution in [2.24, 2.45) is 0 Å². The highest BCUT2D eigenvalue weighted by Gasteiger charge is 2.31. The SMILES string of the molecule is CC1Oc2cc(NC(=O)c3cccs3)ccc2N(CCN(C)C)C1=O. The Labute approximate surface area is 151 Å². The van der Waals surface area contributed by atoms with E-state index in [1.807, 2.05) is 36.5 Å². The lowest BCUT2D eigenvalue weighted by molar-refractivity contribution is -0.125. The number of thiophene rings is 1. The number of fused-ring (bicyclic) bond motifs is 1. The van der Waals surface area contributed by atoms with Gasteiger partial charge in [0.2, 0.25) is 0 Å². The second kappa shape index (κ2) is 7.25. The molecule has 1 unspecified atom stereocenters. The molecule has 1 atom stereocenters. The van der Waals surface area contributed by atoms with Crippen molar-refractivity contribution in [3.63, 3.8) is 0 Å². The summed E-state index contributed by atoms with van der Waals surface area (Å²) in [7, 11) is 3.94. The van der Waals surface area contributed by atoms with Crippen LogP contribution in [0, 0.1) is 0 Å². The standard InChI is InChI=1S/C18H21N3O3S/c1-12-18(23)21(9-8-20(2)3)14-7-6-13(11-15(14)24-12)19-17(22)16-5-4-10-25-16/h4-7,10-12H,8-9H2,1-3H3,(H,19,22). The molecule has 0 saturated heterocycles. The number of nitrogens with one attached hydrogen (secondary N) is 1. The molecule has 1 aromatic carbocycles. The largest absolute Gasteiger partial charge is 0.479 e. The van der Waals surface area contributed by atoms with E-state index in [0.29, 0.717) is 22.9 Å². The molecule has 2 amide bonds. The molecule has 0 aliphatic carbocycles. The van der Waals surface area contributed by atoms with E-state index in [4.69, 9.17) is 4.74 Å². The summed E-state index contributed by atoms with van der Waals surface area (Å²) in [5, 5.41) is 4.73. The Morgan fingerprint density at radius 3 is 2.84 bits per heavy atom. The van der Waals surface area contributed by atoms with Crippen molar-refractivity contribution in [1.29, 1.82) is 0 Å². The molecule has 2 heterocycles. The van der Waals surface area contributed by atoms with Crippen LogP contribution in [0.15, 0.2) is 35.7 Å². The van der Waals surface area contributed by atoms with E-state index >= 15 is 0 Å². The number of benzene rings is 1. The first kappa shape index (κ1) is 17.4. The average Bonchev–Trinajstić information content (AvgIpc) is 3.10. The van der Waals surface area contributed by atoms with Crippen LogP contribution in [0.25, 0.3) is 0 Å². The van der Waals surface area contributed by atoms with Gasteiger partial charge >= 0.3 is 0 Å². The predicted molar refractivity (Wildman–Crippen MR) is 99.7 cm³/mol. The highest BCUT2D eigenvalue weighted by Crippen LogP contribution is 2.36. The first-order valence-electron chi connectivity index (χ1n) is 8.07. The van der Waals surface area contributed by atoms with E-state index in [-0.39, 0.29) is 11.8 Å². The summed E-state index contributed by atoms with van der Waals surface area (Å²) in [5.41, 5.74) is 1.38. The number of ether oxygens (including phenoxy) is 1. The van der Waals surface area contributed by atoms with E-state index in [1.165, 1.54) is 11.3 Å². The summed E-state index contributed by atoms with van der Waals surface area (Å²) in [4.78, 5) is 29.0. The molecule has 0 saturated carbocycles. The molecule has 0 spiro atoms. The number of likely N-dealkylation sites (N-methyl/N-ethyl adjacent to an activating group) is 1. The molecular formula is C18H21N3O3S. The third-order valence-corrected chi connectivity index (χ3v) is 4.81. The van der Waals surface area contributed by atoms with Crippen LogP contribution in [-0.2, 0) is 4.79 Å². The predicted octanol–water partition coefficient (Wildman–Crippen LogP) is 2.68. The van der Waals surface area contributed by atoms with Gasteiger partial charge in [-0.05, 0) is 44.6 Å². The molecule has 3 rings (SSSR count). The summed E-state index contributed by atoms with van der Waals surface area (Å²) >= 11 is 1.39. The van der Waals surface area contributed by atoms with Gasteiger partial charge in [-0.3, -0.25) is 9.59 Å². The van der Waals surface area contributed by atoms with Gasteiger partial charge < -0.3 is 19.9 Å². The lowest BCUT2D eigenvalue weighted by Crippen LogP contribution is -2.46. The first-order chi connectivity index (χ1) is 12.0. The molecular weight excluding hydrogens is 338 g/mol. The lowest BCUT2D eigenvalue weighted by Gasteiger charge is -2.34. The van der Waals surface area contributed by atoms with Crippen LogP contribution in [-0.4, -0.2) is 50.0 Å². The Bertz CT molecular complexity index is 774. The number of rotatable bonds is 5. The molecule has 0 bridgehead atoms. The molecule has 7 heteroatoms. The van der Waals surface area contributed by atoms with Crippen LogP contribution in [0.2, 0.25) is 0 Å². The second-order valence-electron chi connectivity index (χ2n) is 6.17. The quantitative estimate of drug-likeness (QED) is 0.892. The van der Waals surface area contributed by atoms with Crippen LogP contribution in [0.3, 0.4) is 0 Å². The fourth-order valence-corrected chi connectivity index (χ4v) is 3.24. The third kappa shape index (κ3) is 3.83. The van der Waals surface area contributed by atoms with Crippen molar-refractivity contribution < 1.29 is 14.3 Å². The lowest BCUT2D eigenvalue weighted by atomic mass is 10.1. The van der Waals surface area contributed by atoms with E-state index in [1.54, 1.807) is 30.0 Å². The van der Waals surface area contributed by atoms with Crippen molar-refractivity contribution >= 4 is 34.5 Å². The van der Waals surface area contributed by atoms with Crippen LogP contribution < -0.4 is 15.0 Å². The molecule has 2 aromatic rings. The van der Waals surface area contributed by atoms with Gasteiger partial charge in [0.05, 0.1) is 10.6 Å². The number of amides is 2. The molecule has 132 valence electrons. The van der Waals surface area contributed by atoms with Crippen molar-refractivity contribution in [3.05, 3.63) is 40.6 Å². The number of anilines is 2.